The first kappa shape index (κ1) is 12.0. The van der Waals surface area contributed by atoms with Crippen molar-refractivity contribution in [3.63, 3.8) is 0 Å². The molecule has 2 heterocycles. The van der Waals surface area contributed by atoms with E-state index >= 15 is 0 Å². The van der Waals surface area contributed by atoms with Crippen LogP contribution in [0.25, 0.3) is 0 Å². The zero-order chi connectivity index (χ0) is 13.3. The van der Waals surface area contributed by atoms with Gasteiger partial charge in [-0.25, -0.2) is 4.99 Å². The van der Waals surface area contributed by atoms with Crippen LogP contribution in [0.3, 0.4) is 0 Å². The molecule has 2 aromatic rings. The van der Waals surface area contributed by atoms with Crippen molar-refractivity contribution in [2.45, 2.75) is 25.9 Å². The molecule has 0 atom stereocenters. The van der Waals surface area contributed by atoms with Crippen LogP contribution in [-0.2, 0) is 11.3 Å². The zero-order valence-electron chi connectivity index (χ0n) is 11.3. The summed E-state index contributed by atoms with van der Waals surface area (Å²) >= 11 is 0. The molecule has 3 rings (SSSR count). The molecule has 98 valence electrons. The predicted molar refractivity (Wildman–Crippen MR) is 76.5 cm³/mol. The summed E-state index contributed by atoms with van der Waals surface area (Å²) in [4.78, 5) is 4.64. The lowest BCUT2D eigenvalue weighted by atomic mass is 10.1. The Bertz CT molecular complexity index is 596. The Morgan fingerprint density at radius 3 is 2.63 bits per heavy atom. The Balaban J connectivity index is 1.88. The molecule has 3 heteroatoms. The molecule has 0 N–H and O–H groups in total. The van der Waals surface area contributed by atoms with Crippen LogP contribution in [0.4, 0.5) is 0 Å². The minimum absolute atomic E-state index is 0.114. The molecule has 3 nitrogen and oxygen atoms in total. The van der Waals surface area contributed by atoms with Crippen molar-refractivity contribution in [3.05, 3.63) is 59.9 Å². The highest BCUT2D eigenvalue weighted by molar-refractivity contribution is 5.94. The van der Waals surface area contributed by atoms with Gasteiger partial charge in [-0.1, -0.05) is 30.3 Å². The van der Waals surface area contributed by atoms with Crippen LogP contribution < -0.4 is 0 Å². The number of benzene rings is 1. The summed E-state index contributed by atoms with van der Waals surface area (Å²) < 4.78 is 7.90. The van der Waals surface area contributed by atoms with E-state index in [0.29, 0.717) is 6.61 Å². The molecule has 1 aromatic carbocycles. The molecular weight excluding hydrogens is 236 g/mol. The van der Waals surface area contributed by atoms with Gasteiger partial charge >= 0.3 is 0 Å². The maximum Gasteiger partial charge on any atom is 0.234 e. The van der Waals surface area contributed by atoms with Crippen molar-refractivity contribution in [1.82, 2.24) is 4.57 Å². The van der Waals surface area contributed by atoms with Crippen LogP contribution in [0, 0.1) is 0 Å². The van der Waals surface area contributed by atoms with Gasteiger partial charge in [-0.05, 0) is 31.5 Å². The first-order chi connectivity index (χ1) is 9.14. The maximum absolute atomic E-state index is 5.72. The molecular formula is C16H18N2O. The maximum atomic E-state index is 5.72. The minimum Gasteiger partial charge on any atom is -0.474 e. The van der Waals surface area contributed by atoms with Crippen molar-refractivity contribution in [2.75, 3.05) is 6.61 Å². The average Bonchev–Trinajstić information content (AvgIpc) is 2.97. The quantitative estimate of drug-likeness (QED) is 0.826. The molecule has 1 aliphatic heterocycles. The summed E-state index contributed by atoms with van der Waals surface area (Å²) in [6.45, 7) is 5.67. The smallest absolute Gasteiger partial charge is 0.234 e. The van der Waals surface area contributed by atoms with Gasteiger partial charge in [-0.2, -0.15) is 0 Å². The Kier molecular flexibility index (Phi) is 2.90. The summed E-state index contributed by atoms with van der Waals surface area (Å²) in [6, 6.07) is 14.5. The molecule has 0 unspecified atom stereocenters. The van der Waals surface area contributed by atoms with Gasteiger partial charge in [0.1, 0.15) is 12.3 Å². The molecule has 0 aliphatic carbocycles. The number of aromatic nitrogens is 1. The van der Waals surface area contributed by atoms with Crippen LogP contribution >= 0.6 is 0 Å². The highest BCUT2D eigenvalue weighted by Crippen LogP contribution is 2.21. The van der Waals surface area contributed by atoms with Crippen molar-refractivity contribution < 1.29 is 4.74 Å². The number of hydrogen-bond acceptors (Lipinski definition) is 2. The average molecular weight is 254 g/mol. The second-order valence-corrected chi connectivity index (χ2v) is 5.52. The van der Waals surface area contributed by atoms with E-state index in [-0.39, 0.29) is 5.54 Å². The van der Waals surface area contributed by atoms with Crippen molar-refractivity contribution in [3.8, 4) is 0 Å². The van der Waals surface area contributed by atoms with Gasteiger partial charge in [-0.3, -0.25) is 0 Å². The molecule has 0 amide bonds. The van der Waals surface area contributed by atoms with Crippen LogP contribution in [0.1, 0.15) is 25.1 Å². The van der Waals surface area contributed by atoms with Crippen LogP contribution in [-0.4, -0.2) is 22.6 Å². The molecule has 1 aliphatic rings. The van der Waals surface area contributed by atoms with Gasteiger partial charge in [0.2, 0.25) is 5.90 Å². The van der Waals surface area contributed by atoms with E-state index in [9.17, 15) is 0 Å². The first-order valence-corrected chi connectivity index (χ1v) is 6.56. The van der Waals surface area contributed by atoms with Gasteiger partial charge in [0, 0.05) is 12.7 Å². The number of hydrogen-bond donors (Lipinski definition) is 0. The van der Waals surface area contributed by atoms with Gasteiger partial charge in [-0.15, -0.1) is 0 Å². The third-order valence-corrected chi connectivity index (χ3v) is 3.21. The van der Waals surface area contributed by atoms with Crippen molar-refractivity contribution in [1.29, 1.82) is 0 Å². The minimum atomic E-state index is -0.114. The molecule has 0 fully saturated rings. The molecule has 0 saturated carbocycles. The van der Waals surface area contributed by atoms with Gasteiger partial charge in [0.05, 0.1) is 5.54 Å². The second-order valence-electron chi connectivity index (χ2n) is 5.52. The van der Waals surface area contributed by atoms with Gasteiger partial charge in [0.25, 0.3) is 0 Å². The third-order valence-electron chi connectivity index (χ3n) is 3.21. The monoisotopic (exact) mass is 254 g/mol. The van der Waals surface area contributed by atoms with Crippen LogP contribution in [0.2, 0.25) is 0 Å². The lowest BCUT2D eigenvalue weighted by Gasteiger charge is -2.09. The summed E-state index contributed by atoms with van der Waals surface area (Å²) in [5.41, 5.74) is 2.21. The molecule has 0 spiro atoms. The van der Waals surface area contributed by atoms with E-state index in [0.717, 1.165) is 18.1 Å². The Labute approximate surface area is 113 Å². The normalized spacial score (nSPS) is 17.1. The summed E-state index contributed by atoms with van der Waals surface area (Å²) in [5, 5.41) is 0. The topological polar surface area (TPSA) is 26.5 Å². The number of rotatable bonds is 3. The van der Waals surface area contributed by atoms with Gasteiger partial charge in [0.15, 0.2) is 0 Å². The van der Waals surface area contributed by atoms with E-state index in [4.69, 9.17) is 4.74 Å². The largest absolute Gasteiger partial charge is 0.474 e. The third kappa shape index (κ3) is 2.55. The molecule has 19 heavy (non-hydrogen) atoms. The molecule has 1 aromatic heterocycles. The summed E-state index contributed by atoms with van der Waals surface area (Å²) in [6.07, 6.45) is 2.07. The first-order valence-electron chi connectivity index (χ1n) is 6.56. The highest BCUT2D eigenvalue weighted by Gasteiger charge is 2.28. The fourth-order valence-electron chi connectivity index (χ4n) is 2.24. The second kappa shape index (κ2) is 4.57. The van der Waals surface area contributed by atoms with E-state index < -0.39 is 0 Å². The Morgan fingerprint density at radius 2 is 1.95 bits per heavy atom. The zero-order valence-corrected chi connectivity index (χ0v) is 11.3. The highest BCUT2D eigenvalue weighted by atomic mass is 16.5. The lowest BCUT2D eigenvalue weighted by Crippen LogP contribution is -2.17. The Morgan fingerprint density at radius 1 is 1.16 bits per heavy atom. The van der Waals surface area contributed by atoms with E-state index in [2.05, 4.69) is 59.9 Å². The summed E-state index contributed by atoms with van der Waals surface area (Å²) in [7, 11) is 0. The Hall–Kier alpha value is -2.03. The number of ether oxygens (including phenoxy) is 1. The van der Waals surface area contributed by atoms with Crippen LogP contribution in [0.5, 0.6) is 0 Å². The van der Waals surface area contributed by atoms with E-state index in [1.165, 1.54) is 5.56 Å². The fourth-order valence-corrected chi connectivity index (χ4v) is 2.24. The number of nitrogens with zero attached hydrogens (tertiary/aromatic N) is 2. The summed E-state index contributed by atoms with van der Waals surface area (Å²) in [5.74, 6) is 0.755. The van der Waals surface area contributed by atoms with Gasteiger partial charge < -0.3 is 9.30 Å². The van der Waals surface area contributed by atoms with E-state index in [1.54, 1.807) is 0 Å². The molecule has 0 radical (unpaired) electrons. The van der Waals surface area contributed by atoms with Crippen molar-refractivity contribution in [2.24, 2.45) is 4.99 Å². The predicted octanol–water partition coefficient (Wildman–Crippen LogP) is 3.09. The van der Waals surface area contributed by atoms with E-state index in [1.807, 2.05) is 12.1 Å². The SMILES string of the molecule is CC1(C)COC(c2cccn2Cc2ccccc2)=N1. The molecule has 0 saturated heterocycles. The lowest BCUT2D eigenvalue weighted by molar-refractivity contribution is 0.278. The van der Waals surface area contributed by atoms with Crippen molar-refractivity contribution >= 4 is 5.90 Å². The number of aliphatic imine (C=N–C) groups is 1. The standard InChI is InChI=1S/C16H18N2O/c1-16(2)12-19-15(17-16)14-9-6-10-18(14)11-13-7-4-3-5-8-13/h3-10H,11-12H2,1-2H3. The fraction of sp³-hybridized carbons (Fsp3) is 0.312. The van der Waals surface area contributed by atoms with Crippen LogP contribution in [0.15, 0.2) is 53.7 Å². The molecule has 0 bridgehead atoms.